The number of carbonyl (C=O) groups is 1. The van der Waals surface area contributed by atoms with Crippen molar-refractivity contribution in [3.63, 3.8) is 0 Å². The Balaban J connectivity index is 1.45. The monoisotopic (exact) mass is 458 g/mol. The van der Waals surface area contributed by atoms with Gasteiger partial charge in [-0.2, -0.15) is 18.2 Å². The zero-order valence-electron chi connectivity index (χ0n) is 17.2. The van der Waals surface area contributed by atoms with Gasteiger partial charge >= 0.3 is 6.18 Å². The molecular weight excluding hydrogens is 433 g/mol. The lowest BCUT2D eigenvalue weighted by atomic mass is 10.1. The lowest BCUT2D eigenvalue weighted by Crippen LogP contribution is -2.49. The zero-order chi connectivity index (χ0) is 22.3. The third kappa shape index (κ3) is 7.51. The molecule has 0 radical (unpaired) electrons. The molecular formula is C20H25F3N4O3S. The molecule has 1 aliphatic rings. The number of amides is 1. The normalized spacial score (nSPS) is 15.4. The summed E-state index contributed by atoms with van der Waals surface area (Å²) in [7, 11) is 0. The van der Waals surface area contributed by atoms with E-state index < -0.39 is 12.8 Å². The van der Waals surface area contributed by atoms with Crippen LogP contribution >= 0.6 is 11.8 Å². The number of nitrogens with zero attached hydrogens (tertiary/aromatic N) is 4. The van der Waals surface area contributed by atoms with E-state index in [4.69, 9.17) is 4.52 Å². The van der Waals surface area contributed by atoms with E-state index in [0.29, 0.717) is 62.2 Å². The average molecular weight is 459 g/mol. The van der Waals surface area contributed by atoms with E-state index in [1.54, 1.807) is 6.92 Å². The minimum Gasteiger partial charge on any atom is -0.372 e. The van der Waals surface area contributed by atoms with Crippen molar-refractivity contribution in [3.8, 4) is 0 Å². The van der Waals surface area contributed by atoms with E-state index in [2.05, 4.69) is 19.8 Å². The molecule has 7 nitrogen and oxygen atoms in total. The van der Waals surface area contributed by atoms with Gasteiger partial charge in [0.1, 0.15) is 6.61 Å². The SMILES string of the molecule is Cc1noc(CSc2ccccc2C(=O)N2CCN(CCCOCC(F)(F)F)CC2)n1. The highest BCUT2D eigenvalue weighted by molar-refractivity contribution is 7.98. The van der Waals surface area contributed by atoms with Gasteiger partial charge in [-0.3, -0.25) is 9.69 Å². The van der Waals surface area contributed by atoms with Crippen LogP contribution in [0.1, 0.15) is 28.5 Å². The van der Waals surface area contributed by atoms with Crippen molar-refractivity contribution < 1.29 is 27.2 Å². The molecule has 1 saturated heterocycles. The summed E-state index contributed by atoms with van der Waals surface area (Å²) in [6, 6.07) is 7.44. The number of carbonyl (C=O) groups excluding carboxylic acids is 1. The summed E-state index contributed by atoms with van der Waals surface area (Å²) in [4.78, 5) is 22.0. The second kappa shape index (κ2) is 11.0. The van der Waals surface area contributed by atoms with E-state index in [1.807, 2.05) is 29.2 Å². The van der Waals surface area contributed by atoms with Crippen LogP contribution in [-0.2, 0) is 10.5 Å². The van der Waals surface area contributed by atoms with E-state index >= 15 is 0 Å². The number of alkyl halides is 3. The van der Waals surface area contributed by atoms with Crippen molar-refractivity contribution in [2.24, 2.45) is 0 Å². The van der Waals surface area contributed by atoms with Gasteiger partial charge in [0.25, 0.3) is 5.91 Å². The molecule has 1 fully saturated rings. The van der Waals surface area contributed by atoms with Crippen LogP contribution in [0.5, 0.6) is 0 Å². The molecule has 0 spiro atoms. The standard InChI is InChI=1S/C20H25F3N4O3S/c1-15-24-18(30-25-15)13-31-17-6-3-2-5-16(17)19(28)27-10-8-26(9-11-27)7-4-12-29-14-20(21,22)23/h2-3,5-6H,4,7-14H2,1H3. The molecule has 0 atom stereocenters. The number of halogens is 3. The first-order chi connectivity index (χ1) is 14.8. The minimum absolute atomic E-state index is 0.0297. The van der Waals surface area contributed by atoms with Crippen LogP contribution in [0, 0.1) is 6.92 Å². The Morgan fingerprint density at radius 2 is 1.97 bits per heavy atom. The van der Waals surface area contributed by atoms with Gasteiger partial charge in [0.2, 0.25) is 5.89 Å². The summed E-state index contributed by atoms with van der Waals surface area (Å²) in [5.74, 6) is 1.54. The largest absolute Gasteiger partial charge is 0.411 e. The fraction of sp³-hybridized carbons (Fsp3) is 0.550. The number of benzene rings is 1. The first-order valence-corrected chi connectivity index (χ1v) is 11.0. The number of aryl methyl sites for hydroxylation is 1. The molecule has 3 rings (SSSR count). The lowest BCUT2D eigenvalue weighted by molar-refractivity contribution is -0.174. The van der Waals surface area contributed by atoms with Crippen LogP contribution in [0.4, 0.5) is 13.2 Å². The Kier molecular flexibility index (Phi) is 8.33. The maximum Gasteiger partial charge on any atom is 0.411 e. The molecule has 11 heteroatoms. The topological polar surface area (TPSA) is 71.7 Å². The second-order valence-electron chi connectivity index (χ2n) is 7.18. The maximum atomic E-state index is 13.1. The first-order valence-electron chi connectivity index (χ1n) is 9.99. The summed E-state index contributed by atoms with van der Waals surface area (Å²) in [6.45, 7) is 3.78. The van der Waals surface area contributed by atoms with Gasteiger partial charge < -0.3 is 14.2 Å². The van der Waals surface area contributed by atoms with Crippen LogP contribution in [0.25, 0.3) is 0 Å². The van der Waals surface area contributed by atoms with Gasteiger partial charge in [0.15, 0.2) is 5.82 Å². The Bertz CT molecular complexity index is 854. The predicted molar refractivity (Wildman–Crippen MR) is 109 cm³/mol. The molecule has 1 amide bonds. The Morgan fingerprint density at radius 1 is 1.23 bits per heavy atom. The van der Waals surface area contributed by atoms with Crippen LogP contribution in [0.2, 0.25) is 0 Å². The minimum atomic E-state index is -4.29. The smallest absolute Gasteiger partial charge is 0.372 e. The summed E-state index contributed by atoms with van der Waals surface area (Å²) in [5, 5.41) is 3.77. The number of rotatable bonds is 9. The Hall–Kier alpha value is -2.11. The third-order valence-corrected chi connectivity index (χ3v) is 5.78. The average Bonchev–Trinajstić information content (AvgIpc) is 3.16. The van der Waals surface area contributed by atoms with Crippen molar-refractivity contribution >= 4 is 17.7 Å². The van der Waals surface area contributed by atoms with Crippen molar-refractivity contribution in [1.29, 1.82) is 0 Å². The molecule has 0 bridgehead atoms. The van der Waals surface area contributed by atoms with Gasteiger partial charge in [-0.1, -0.05) is 17.3 Å². The fourth-order valence-corrected chi connectivity index (χ4v) is 4.11. The molecule has 31 heavy (non-hydrogen) atoms. The van der Waals surface area contributed by atoms with Crippen LogP contribution < -0.4 is 0 Å². The number of ether oxygens (including phenoxy) is 1. The highest BCUT2D eigenvalue weighted by Gasteiger charge is 2.27. The second-order valence-corrected chi connectivity index (χ2v) is 8.19. The predicted octanol–water partition coefficient (Wildman–Crippen LogP) is 3.40. The summed E-state index contributed by atoms with van der Waals surface area (Å²) < 4.78 is 46.0. The van der Waals surface area contributed by atoms with Crippen molar-refractivity contribution in [3.05, 3.63) is 41.5 Å². The first kappa shape index (κ1) is 23.6. The van der Waals surface area contributed by atoms with Crippen LogP contribution in [0.3, 0.4) is 0 Å². The molecule has 2 aromatic rings. The van der Waals surface area contributed by atoms with Gasteiger partial charge in [0, 0.05) is 44.2 Å². The van der Waals surface area contributed by atoms with E-state index in [-0.39, 0.29) is 12.5 Å². The molecule has 1 aromatic carbocycles. The molecule has 0 unspecified atom stereocenters. The van der Waals surface area contributed by atoms with Gasteiger partial charge in [0.05, 0.1) is 11.3 Å². The van der Waals surface area contributed by atoms with Crippen molar-refractivity contribution in [1.82, 2.24) is 19.9 Å². The number of hydrogen-bond acceptors (Lipinski definition) is 7. The molecule has 0 N–H and O–H groups in total. The maximum absolute atomic E-state index is 13.1. The molecule has 0 saturated carbocycles. The fourth-order valence-electron chi connectivity index (χ4n) is 3.23. The van der Waals surface area contributed by atoms with E-state index in [9.17, 15) is 18.0 Å². The summed E-state index contributed by atoms with van der Waals surface area (Å²) >= 11 is 1.48. The molecule has 2 heterocycles. The third-order valence-electron chi connectivity index (χ3n) is 4.73. The van der Waals surface area contributed by atoms with Crippen molar-refractivity contribution in [2.75, 3.05) is 45.9 Å². The van der Waals surface area contributed by atoms with Gasteiger partial charge in [-0.15, -0.1) is 11.8 Å². The van der Waals surface area contributed by atoms with Gasteiger partial charge in [-0.05, 0) is 25.5 Å². The molecule has 170 valence electrons. The van der Waals surface area contributed by atoms with Crippen molar-refractivity contribution in [2.45, 2.75) is 30.2 Å². The summed E-state index contributed by atoms with van der Waals surface area (Å²) in [6.07, 6.45) is -3.76. The quantitative estimate of drug-likeness (QED) is 0.421. The molecule has 1 aromatic heterocycles. The number of piperazine rings is 1. The van der Waals surface area contributed by atoms with Crippen LogP contribution in [-0.4, -0.2) is 78.0 Å². The number of aromatic nitrogens is 2. The number of thioether (sulfide) groups is 1. The van der Waals surface area contributed by atoms with Crippen LogP contribution in [0.15, 0.2) is 33.7 Å². The van der Waals surface area contributed by atoms with Gasteiger partial charge in [-0.25, -0.2) is 0 Å². The summed E-state index contributed by atoms with van der Waals surface area (Å²) in [5.41, 5.74) is 0.637. The Labute approximate surface area is 182 Å². The molecule has 0 aliphatic carbocycles. The van der Waals surface area contributed by atoms with E-state index in [0.717, 1.165) is 4.90 Å². The molecule has 1 aliphatic heterocycles. The lowest BCUT2D eigenvalue weighted by Gasteiger charge is -2.35. The van der Waals surface area contributed by atoms with E-state index in [1.165, 1.54) is 11.8 Å². The highest BCUT2D eigenvalue weighted by Crippen LogP contribution is 2.27. The zero-order valence-corrected chi connectivity index (χ0v) is 18.0. The Morgan fingerprint density at radius 3 is 2.65 bits per heavy atom. The highest BCUT2D eigenvalue weighted by atomic mass is 32.2. The number of hydrogen-bond donors (Lipinski definition) is 0.